The molecule has 0 spiro atoms. The molecule has 1 fully saturated rings. The highest BCUT2D eigenvalue weighted by Crippen LogP contribution is 2.37. The van der Waals surface area contributed by atoms with Crippen LogP contribution in [0, 0.1) is 13.8 Å². The molecule has 1 amide bonds. The van der Waals surface area contributed by atoms with Crippen LogP contribution in [0.5, 0.6) is 0 Å². The van der Waals surface area contributed by atoms with Gasteiger partial charge in [-0.15, -0.1) is 11.3 Å². The maximum atomic E-state index is 13.2. The normalized spacial score (nSPS) is 17.1. The number of aryl methyl sites for hydroxylation is 2. The van der Waals surface area contributed by atoms with E-state index in [4.69, 9.17) is 9.40 Å². The van der Waals surface area contributed by atoms with Crippen LogP contribution in [-0.2, 0) is 11.2 Å². The smallest absolute Gasteiger partial charge is 0.227 e. The maximum Gasteiger partial charge on any atom is 0.227 e. The fraction of sp³-hybridized carbons (Fsp3) is 0.304. The molecule has 28 heavy (non-hydrogen) atoms. The second kappa shape index (κ2) is 6.74. The third-order valence-electron chi connectivity index (χ3n) is 5.85. The zero-order chi connectivity index (χ0) is 19.3. The van der Waals surface area contributed by atoms with Crippen LogP contribution in [0.15, 0.2) is 47.1 Å². The summed E-state index contributed by atoms with van der Waals surface area (Å²) in [4.78, 5) is 20.0. The van der Waals surface area contributed by atoms with E-state index in [-0.39, 0.29) is 11.9 Å². The summed E-state index contributed by atoms with van der Waals surface area (Å²) in [7, 11) is 0. The number of aromatic nitrogens is 1. The van der Waals surface area contributed by atoms with Crippen LogP contribution in [0.1, 0.15) is 40.6 Å². The maximum absolute atomic E-state index is 13.2. The molecule has 0 bridgehead atoms. The van der Waals surface area contributed by atoms with Gasteiger partial charge in [-0.3, -0.25) is 4.79 Å². The zero-order valence-electron chi connectivity index (χ0n) is 16.1. The zero-order valence-corrected chi connectivity index (χ0v) is 16.9. The van der Waals surface area contributed by atoms with Gasteiger partial charge < -0.3 is 9.32 Å². The van der Waals surface area contributed by atoms with Crippen LogP contribution in [0.25, 0.3) is 21.2 Å². The summed E-state index contributed by atoms with van der Waals surface area (Å²) in [6.45, 7) is 4.94. The lowest BCUT2D eigenvalue weighted by atomic mass is 10.0. The highest BCUT2D eigenvalue weighted by Gasteiger charge is 2.32. The summed E-state index contributed by atoms with van der Waals surface area (Å²) in [5, 5.41) is 2.10. The molecule has 1 saturated heterocycles. The molecule has 4 nitrogen and oxygen atoms in total. The molecule has 2 aromatic carbocycles. The first-order valence-electron chi connectivity index (χ1n) is 9.73. The third kappa shape index (κ3) is 2.81. The predicted molar refractivity (Wildman–Crippen MR) is 113 cm³/mol. The lowest BCUT2D eigenvalue weighted by Crippen LogP contribution is -2.31. The average Bonchev–Trinajstić information content (AvgIpc) is 3.42. The second-order valence-corrected chi connectivity index (χ2v) is 8.65. The number of rotatable bonds is 3. The van der Waals surface area contributed by atoms with Crippen molar-refractivity contribution >= 4 is 38.4 Å². The molecule has 5 heteroatoms. The highest BCUT2D eigenvalue weighted by atomic mass is 32.1. The van der Waals surface area contributed by atoms with Crippen molar-refractivity contribution in [3.05, 3.63) is 64.4 Å². The van der Waals surface area contributed by atoms with Crippen LogP contribution in [0.4, 0.5) is 0 Å². The van der Waals surface area contributed by atoms with E-state index in [0.29, 0.717) is 6.42 Å². The van der Waals surface area contributed by atoms with Gasteiger partial charge in [0.1, 0.15) is 10.6 Å². The minimum absolute atomic E-state index is 0.0899. The van der Waals surface area contributed by atoms with Crippen molar-refractivity contribution in [3.63, 3.8) is 0 Å². The van der Waals surface area contributed by atoms with E-state index in [0.717, 1.165) is 52.0 Å². The molecule has 5 rings (SSSR count). The topological polar surface area (TPSA) is 46.3 Å². The van der Waals surface area contributed by atoms with Gasteiger partial charge in [0, 0.05) is 17.5 Å². The van der Waals surface area contributed by atoms with Gasteiger partial charge in [0.2, 0.25) is 5.91 Å². The average molecular weight is 391 g/mol. The number of fused-ring (bicyclic) bond motifs is 2. The molecule has 0 N–H and O–H groups in total. The van der Waals surface area contributed by atoms with Crippen molar-refractivity contribution in [2.45, 2.75) is 39.2 Å². The molecule has 0 saturated carbocycles. The Hall–Kier alpha value is -2.66. The number of hydrogen-bond acceptors (Lipinski definition) is 4. The van der Waals surface area contributed by atoms with Gasteiger partial charge in [0.15, 0.2) is 0 Å². The number of para-hydroxylation sites is 1. The van der Waals surface area contributed by atoms with Crippen LogP contribution >= 0.6 is 11.3 Å². The Kier molecular flexibility index (Phi) is 4.20. The van der Waals surface area contributed by atoms with E-state index in [1.807, 2.05) is 23.1 Å². The van der Waals surface area contributed by atoms with E-state index in [1.165, 1.54) is 10.3 Å². The molecule has 2 aromatic heterocycles. The molecule has 1 atom stereocenters. The number of nitrogens with zero attached hydrogens (tertiary/aromatic N) is 2. The molecule has 0 radical (unpaired) electrons. The van der Waals surface area contributed by atoms with Crippen LogP contribution in [0.2, 0.25) is 0 Å². The summed E-state index contributed by atoms with van der Waals surface area (Å²) in [5.41, 5.74) is 5.23. The van der Waals surface area contributed by atoms with Crippen molar-refractivity contribution in [2.24, 2.45) is 0 Å². The fourth-order valence-electron chi connectivity index (χ4n) is 4.14. The highest BCUT2D eigenvalue weighted by molar-refractivity contribution is 7.18. The summed E-state index contributed by atoms with van der Waals surface area (Å²) in [6.07, 6.45) is 4.13. The van der Waals surface area contributed by atoms with Gasteiger partial charge in [-0.1, -0.05) is 24.3 Å². The number of carbonyl (C=O) groups is 1. The second-order valence-electron chi connectivity index (χ2n) is 7.59. The quantitative estimate of drug-likeness (QED) is 0.460. The van der Waals surface area contributed by atoms with Crippen molar-refractivity contribution in [3.8, 4) is 0 Å². The van der Waals surface area contributed by atoms with Crippen LogP contribution in [0.3, 0.4) is 0 Å². The minimum atomic E-state index is 0.0899. The van der Waals surface area contributed by atoms with Gasteiger partial charge in [0.25, 0.3) is 0 Å². The molecule has 1 aliphatic rings. The van der Waals surface area contributed by atoms with Gasteiger partial charge >= 0.3 is 0 Å². The number of furan rings is 1. The summed E-state index contributed by atoms with van der Waals surface area (Å²) >= 11 is 1.71. The van der Waals surface area contributed by atoms with E-state index >= 15 is 0 Å². The first kappa shape index (κ1) is 17.4. The molecular weight excluding hydrogens is 368 g/mol. The number of carbonyl (C=O) groups excluding carboxylic acids is 1. The Bertz CT molecular complexity index is 1160. The Balaban J connectivity index is 1.42. The number of benzene rings is 2. The van der Waals surface area contributed by atoms with Crippen LogP contribution < -0.4 is 0 Å². The minimum Gasteiger partial charge on any atom is -0.464 e. The van der Waals surface area contributed by atoms with E-state index in [1.54, 1.807) is 17.6 Å². The van der Waals surface area contributed by atoms with Crippen molar-refractivity contribution in [2.75, 3.05) is 6.54 Å². The SMILES string of the molecule is Cc1ccc2c(CC(=O)N3CCC[C@H]3c3nc4ccccc4s3)coc2c1C. The lowest BCUT2D eigenvalue weighted by molar-refractivity contribution is -0.131. The Morgan fingerprint density at radius 1 is 1.25 bits per heavy atom. The molecule has 142 valence electrons. The van der Waals surface area contributed by atoms with Gasteiger partial charge in [-0.25, -0.2) is 4.98 Å². The summed E-state index contributed by atoms with van der Waals surface area (Å²) in [5.74, 6) is 0.155. The van der Waals surface area contributed by atoms with E-state index in [2.05, 4.69) is 32.0 Å². The van der Waals surface area contributed by atoms with Gasteiger partial charge in [-0.05, 0) is 49.9 Å². The monoisotopic (exact) mass is 390 g/mol. The van der Waals surface area contributed by atoms with E-state index in [9.17, 15) is 4.79 Å². The van der Waals surface area contributed by atoms with Crippen molar-refractivity contribution < 1.29 is 9.21 Å². The fourth-order valence-corrected chi connectivity index (χ4v) is 5.26. The molecule has 0 unspecified atom stereocenters. The summed E-state index contributed by atoms with van der Waals surface area (Å²) in [6, 6.07) is 12.4. The molecule has 4 aromatic rings. The standard InChI is InChI=1S/C23H22N2O2S/c1-14-9-10-17-16(13-27-22(17)15(14)2)12-21(26)25-11-5-7-19(25)23-24-18-6-3-4-8-20(18)28-23/h3-4,6,8-10,13,19H,5,7,11-12H2,1-2H3/t19-/m0/s1. The van der Waals surface area contributed by atoms with E-state index < -0.39 is 0 Å². The largest absolute Gasteiger partial charge is 0.464 e. The number of hydrogen-bond donors (Lipinski definition) is 0. The predicted octanol–water partition coefficient (Wildman–Crippen LogP) is 5.57. The summed E-state index contributed by atoms with van der Waals surface area (Å²) < 4.78 is 6.98. The number of thiazole rings is 1. The molecule has 3 heterocycles. The van der Waals surface area contributed by atoms with Crippen molar-refractivity contribution in [1.29, 1.82) is 0 Å². The molecule has 1 aliphatic heterocycles. The Morgan fingerprint density at radius 2 is 2.11 bits per heavy atom. The van der Waals surface area contributed by atoms with Crippen LogP contribution in [-0.4, -0.2) is 22.3 Å². The lowest BCUT2D eigenvalue weighted by Gasteiger charge is -2.23. The molecule has 0 aliphatic carbocycles. The Morgan fingerprint density at radius 3 is 2.96 bits per heavy atom. The number of amides is 1. The first-order chi connectivity index (χ1) is 13.6. The van der Waals surface area contributed by atoms with Gasteiger partial charge in [-0.2, -0.15) is 0 Å². The first-order valence-corrected chi connectivity index (χ1v) is 10.5. The Labute approximate surface area is 167 Å². The number of likely N-dealkylation sites (tertiary alicyclic amines) is 1. The third-order valence-corrected chi connectivity index (χ3v) is 6.99. The molecular formula is C23H22N2O2S. The van der Waals surface area contributed by atoms with Gasteiger partial charge in [0.05, 0.1) is 28.9 Å². The van der Waals surface area contributed by atoms with Crippen molar-refractivity contribution in [1.82, 2.24) is 9.88 Å².